The van der Waals surface area contributed by atoms with Crippen molar-refractivity contribution >= 4 is 24.3 Å². The number of benzene rings is 3. The van der Waals surface area contributed by atoms with E-state index in [9.17, 15) is 15.3 Å². The number of phenolic OH excluding ortho intramolecular Hbond substituents is 3. The van der Waals surface area contributed by atoms with Crippen LogP contribution in [0.25, 0.3) is 24.3 Å². The van der Waals surface area contributed by atoms with E-state index >= 15 is 0 Å². The summed E-state index contributed by atoms with van der Waals surface area (Å²) in [5.74, 6) is 0.606. The molecule has 0 fully saturated rings. The Bertz CT molecular complexity index is 866. The van der Waals surface area contributed by atoms with Gasteiger partial charge in [0.25, 0.3) is 0 Å². The standard InChI is InChI=1S/C22H18O3/c23-20-5-1-3-16(12-20)7-9-18-11-19(15-22(25)14-18)10-8-17-4-2-6-21(24)13-17/h1-15,23-25H/b9-7+,10-8+. The van der Waals surface area contributed by atoms with Gasteiger partial charge in [-0.1, -0.05) is 48.6 Å². The lowest BCUT2D eigenvalue weighted by molar-refractivity contribution is 0.474. The quantitative estimate of drug-likeness (QED) is 0.580. The monoisotopic (exact) mass is 330 g/mol. The largest absolute Gasteiger partial charge is 0.508 e. The first-order chi connectivity index (χ1) is 12.1. The van der Waals surface area contributed by atoms with E-state index in [1.807, 2.05) is 42.5 Å². The lowest BCUT2D eigenvalue weighted by Crippen LogP contribution is -1.78. The minimum atomic E-state index is 0.175. The fourth-order valence-electron chi connectivity index (χ4n) is 2.49. The number of phenols is 3. The lowest BCUT2D eigenvalue weighted by atomic mass is 10.1. The Kier molecular flexibility index (Phi) is 4.86. The van der Waals surface area contributed by atoms with Gasteiger partial charge in [-0.3, -0.25) is 0 Å². The van der Waals surface area contributed by atoms with E-state index in [2.05, 4.69) is 0 Å². The van der Waals surface area contributed by atoms with Gasteiger partial charge in [-0.15, -0.1) is 0 Å². The molecule has 0 heterocycles. The molecule has 3 aromatic carbocycles. The van der Waals surface area contributed by atoms with Crippen molar-refractivity contribution in [2.75, 3.05) is 0 Å². The number of hydrogen-bond acceptors (Lipinski definition) is 3. The van der Waals surface area contributed by atoms with Crippen molar-refractivity contribution in [3.63, 3.8) is 0 Å². The Balaban J connectivity index is 1.83. The molecule has 0 saturated heterocycles. The normalized spacial score (nSPS) is 11.4. The van der Waals surface area contributed by atoms with E-state index in [1.165, 1.54) is 0 Å². The van der Waals surface area contributed by atoms with E-state index in [-0.39, 0.29) is 17.2 Å². The molecular weight excluding hydrogens is 312 g/mol. The van der Waals surface area contributed by atoms with Crippen molar-refractivity contribution in [3.05, 3.63) is 89.0 Å². The third-order valence-electron chi connectivity index (χ3n) is 3.64. The minimum Gasteiger partial charge on any atom is -0.508 e. The topological polar surface area (TPSA) is 60.7 Å². The van der Waals surface area contributed by atoms with Gasteiger partial charge in [-0.05, 0) is 64.7 Å². The fourth-order valence-corrected chi connectivity index (χ4v) is 2.49. The highest BCUT2D eigenvalue weighted by molar-refractivity contribution is 5.75. The Labute approximate surface area is 146 Å². The van der Waals surface area contributed by atoms with Gasteiger partial charge in [0.1, 0.15) is 17.2 Å². The minimum absolute atomic E-state index is 0.175. The van der Waals surface area contributed by atoms with Gasteiger partial charge in [-0.2, -0.15) is 0 Å². The maximum atomic E-state index is 9.93. The summed E-state index contributed by atoms with van der Waals surface area (Å²) >= 11 is 0. The average molecular weight is 330 g/mol. The van der Waals surface area contributed by atoms with Crippen LogP contribution < -0.4 is 0 Å². The first kappa shape index (κ1) is 16.4. The summed E-state index contributed by atoms with van der Waals surface area (Å²) in [6.07, 6.45) is 7.49. The van der Waals surface area contributed by atoms with Gasteiger partial charge in [0.05, 0.1) is 0 Å². The van der Waals surface area contributed by atoms with Crippen LogP contribution in [0, 0.1) is 0 Å². The van der Waals surface area contributed by atoms with E-state index in [0.29, 0.717) is 0 Å². The molecular formula is C22H18O3. The van der Waals surface area contributed by atoms with Crippen LogP contribution in [0.3, 0.4) is 0 Å². The molecule has 0 saturated carbocycles. The molecule has 0 spiro atoms. The molecule has 0 aliphatic heterocycles. The summed E-state index contributed by atoms with van der Waals surface area (Å²) in [4.78, 5) is 0. The highest BCUT2D eigenvalue weighted by Crippen LogP contribution is 2.21. The molecule has 0 bridgehead atoms. The van der Waals surface area contributed by atoms with Gasteiger partial charge in [-0.25, -0.2) is 0 Å². The zero-order chi connectivity index (χ0) is 17.6. The predicted molar refractivity (Wildman–Crippen MR) is 102 cm³/mol. The summed E-state index contributed by atoms with van der Waals surface area (Å²) in [5.41, 5.74) is 3.44. The van der Waals surface area contributed by atoms with Crippen molar-refractivity contribution < 1.29 is 15.3 Å². The van der Waals surface area contributed by atoms with Crippen LogP contribution in [0.1, 0.15) is 22.3 Å². The number of hydrogen-bond donors (Lipinski definition) is 3. The van der Waals surface area contributed by atoms with Gasteiger partial charge >= 0.3 is 0 Å². The summed E-state index contributed by atoms with van der Waals surface area (Å²) in [6, 6.07) is 19.2. The second kappa shape index (κ2) is 7.41. The SMILES string of the molecule is Oc1cccc(/C=C/c2cc(O)cc(/C=C/c3cccc(O)c3)c2)c1. The van der Waals surface area contributed by atoms with Crippen LogP contribution in [0.2, 0.25) is 0 Å². The van der Waals surface area contributed by atoms with Gasteiger partial charge < -0.3 is 15.3 Å². The smallest absolute Gasteiger partial charge is 0.116 e. The molecule has 3 N–H and O–H groups in total. The summed E-state index contributed by atoms with van der Waals surface area (Å²) in [7, 11) is 0. The van der Waals surface area contributed by atoms with Crippen LogP contribution in [-0.4, -0.2) is 15.3 Å². The molecule has 0 aliphatic rings. The summed E-state index contributed by atoms with van der Waals surface area (Å²) < 4.78 is 0. The van der Waals surface area contributed by atoms with Crippen molar-refractivity contribution in [1.82, 2.24) is 0 Å². The molecule has 3 heteroatoms. The average Bonchev–Trinajstić information content (AvgIpc) is 2.58. The first-order valence-electron chi connectivity index (χ1n) is 7.87. The predicted octanol–water partition coefficient (Wildman–Crippen LogP) is 5.14. The second-order valence-corrected chi connectivity index (χ2v) is 5.71. The third kappa shape index (κ3) is 4.75. The molecule has 124 valence electrons. The molecule has 0 aliphatic carbocycles. The summed E-state index contributed by atoms with van der Waals surface area (Å²) in [6.45, 7) is 0. The third-order valence-corrected chi connectivity index (χ3v) is 3.64. The molecule has 3 aromatic rings. The van der Waals surface area contributed by atoms with Crippen LogP contribution >= 0.6 is 0 Å². The number of aromatic hydroxyl groups is 3. The lowest BCUT2D eigenvalue weighted by Gasteiger charge is -2.01. The van der Waals surface area contributed by atoms with Crippen LogP contribution in [0.15, 0.2) is 66.7 Å². The van der Waals surface area contributed by atoms with Crippen molar-refractivity contribution in [2.45, 2.75) is 0 Å². The van der Waals surface area contributed by atoms with E-state index < -0.39 is 0 Å². The Hall–Kier alpha value is -3.46. The zero-order valence-corrected chi connectivity index (χ0v) is 13.5. The molecule has 3 rings (SSSR count). The highest BCUT2D eigenvalue weighted by atomic mass is 16.3. The maximum Gasteiger partial charge on any atom is 0.116 e. The van der Waals surface area contributed by atoms with Crippen LogP contribution in [-0.2, 0) is 0 Å². The Morgan fingerprint density at radius 1 is 0.440 bits per heavy atom. The van der Waals surface area contributed by atoms with Crippen LogP contribution in [0.4, 0.5) is 0 Å². The highest BCUT2D eigenvalue weighted by Gasteiger charge is 1.97. The molecule has 25 heavy (non-hydrogen) atoms. The van der Waals surface area contributed by atoms with Gasteiger partial charge in [0.2, 0.25) is 0 Å². The van der Waals surface area contributed by atoms with Gasteiger partial charge in [0.15, 0.2) is 0 Å². The first-order valence-corrected chi connectivity index (χ1v) is 7.87. The van der Waals surface area contributed by atoms with Crippen molar-refractivity contribution in [3.8, 4) is 17.2 Å². The molecule has 0 amide bonds. The zero-order valence-electron chi connectivity index (χ0n) is 13.5. The maximum absolute atomic E-state index is 9.93. The van der Waals surface area contributed by atoms with E-state index in [0.717, 1.165) is 22.3 Å². The molecule has 0 unspecified atom stereocenters. The second-order valence-electron chi connectivity index (χ2n) is 5.71. The summed E-state index contributed by atoms with van der Waals surface area (Å²) in [5, 5.41) is 28.9. The van der Waals surface area contributed by atoms with E-state index in [1.54, 1.807) is 48.5 Å². The molecule has 0 radical (unpaired) electrons. The number of rotatable bonds is 4. The van der Waals surface area contributed by atoms with Crippen molar-refractivity contribution in [2.24, 2.45) is 0 Å². The molecule has 3 nitrogen and oxygen atoms in total. The van der Waals surface area contributed by atoms with Crippen molar-refractivity contribution in [1.29, 1.82) is 0 Å². The van der Waals surface area contributed by atoms with E-state index in [4.69, 9.17) is 0 Å². The van der Waals surface area contributed by atoms with Gasteiger partial charge in [0, 0.05) is 0 Å². The Morgan fingerprint density at radius 2 is 0.840 bits per heavy atom. The molecule has 0 atom stereocenters. The Morgan fingerprint density at radius 3 is 1.28 bits per heavy atom. The molecule has 0 aromatic heterocycles. The fraction of sp³-hybridized carbons (Fsp3) is 0. The van der Waals surface area contributed by atoms with Crippen LogP contribution in [0.5, 0.6) is 17.2 Å².